The van der Waals surface area contributed by atoms with E-state index < -0.39 is 53.7 Å². The Hall–Kier alpha value is -3.75. The summed E-state index contributed by atoms with van der Waals surface area (Å²) in [5.74, 6) is 2.04. The van der Waals surface area contributed by atoms with E-state index in [0.717, 1.165) is 27.8 Å². The number of nitriles is 1. The molecule has 14 heteroatoms. The molecule has 2 aromatic rings. The van der Waals surface area contributed by atoms with Gasteiger partial charge in [-0.3, -0.25) is 14.4 Å². The summed E-state index contributed by atoms with van der Waals surface area (Å²) < 4.78 is 47.0. The number of amides is 3. The van der Waals surface area contributed by atoms with Gasteiger partial charge in [-0.05, 0) is 76.5 Å². The van der Waals surface area contributed by atoms with Crippen LogP contribution in [0.3, 0.4) is 0 Å². The lowest BCUT2D eigenvalue weighted by atomic mass is 9.81. The molecule has 6 atom stereocenters. The third-order valence-corrected chi connectivity index (χ3v) is 10.9. The highest BCUT2D eigenvalue weighted by Crippen LogP contribution is 2.65. The highest BCUT2D eigenvalue weighted by molar-refractivity contribution is 7.17. The van der Waals surface area contributed by atoms with Crippen molar-refractivity contribution < 1.29 is 32.3 Å². The van der Waals surface area contributed by atoms with Crippen molar-refractivity contribution in [1.82, 2.24) is 25.7 Å². The first kappa shape index (κ1) is 34.6. The van der Waals surface area contributed by atoms with Gasteiger partial charge in [-0.1, -0.05) is 19.8 Å². The second-order valence-corrected chi connectivity index (χ2v) is 14.5. The molecule has 3 fully saturated rings. The lowest BCUT2D eigenvalue weighted by Crippen LogP contribution is -2.61. The van der Waals surface area contributed by atoms with E-state index in [2.05, 4.69) is 33.4 Å². The van der Waals surface area contributed by atoms with Crippen molar-refractivity contribution in [3.8, 4) is 17.9 Å². The van der Waals surface area contributed by atoms with Crippen LogP contribution in [0.15, 0.2) is 11.6 Å². The number of fused-ring (bicyclic) bond motifs is 2. The summed E-state index contributed by atoms with van der Waals surface area (Å²) in [7, 11) is 0. The molecular weight excluding hydrogens is 633 g/mol. The van der Waals surface area contributed by atoms with E-state index in [1.54, 1.807) is 13.1 Å². The fourth-order valence-corrected chi connectivity index (χ4v) is 8.05. The van der Waals surface area contributed by atoms with Gasteiger partial charge in [0, 0.05) is 22.9 Å². The lowest BCUT2D eigenvalue weighted by molar-refractivity contribution is -0.180. The first-order chi connectivity index (χ1) is 22.1. The van der Waals surface area contributed by atoms with E-state index in [1.165, 1.54) is 23.2 Å². The fraction of sp³-hybridized carbons (Fsp3) is 0.636. The Morgan fingerprint density at radius 2 is 1.96 bits per heavy atom. The van der Waals surface area contributed by atoms with Crippen molar-refractivity contribution in [2.24, 2.45) is 17.3 Å². The molecule has 0 bridgehead atoms. The number of alkyl halides is 3. The Morgan fingerprint density at radius 1 is 1.23 bits per heavy atom. The number of ether oxygens (including phenoxy) is 1. The molecular formula is C33H39F3N6O4S. The predicted octanol–water partition coefficient (Wildman–Crippen LogP) is 4.27. The van der Waals surface area contributed by atoms with Crippen LogP contribution in [0.1, 0.15) is 78.0 Å². The minimum Gasteiger partial charge on any atom is -0.370 e. The summed E-state index contributed by atoms with van der Waals surface area (Å²) in [4.78, 5) is 41.1. The third kappa shape index (κ3) is 6.95. The van der Waals surface area contributed by atoms with Gasteiger partial charge in [-0.2, -0.15) is 28.6 Å². The topological polar surface area (TPSA) is 137 Å². The van der Waals surface area contributed by atoms with Crippen LogP contribution in [0.4, 0.5) is 13.2 Å². The average Bonchev–Trinajstić information content (AvgIpc) is 3.34. The fourth-order valence-electron chi connectivity index (χ4n) is 7.17. The molecule has 10 nitrogen and oxygen atoms in total. The molecule has 5 rings (SSSR count). The predicted molar refractivity (Wildman–Crippen MR) is 167 cm³/mol. The molecule has 2 saturated carbocycles. The summed E-state index contributed by atoms with van der Waals surface area (Å²) in [6, 6.07) is -1.43. The second kappa shape index (κ2) is 13.0. The normalized spacial score (nSPS) is 24.1. The van der Waals surface area contributed by atoms with Crippen LogP contribution in [-0.4, -0.2) is 75.4 Å². The summed E-state index contributed by atoms with van der Waals surface area (Å²) in [6.45, 7) is 9.12. The maximum Gasteiger partial charge on any atom is 0.471 e. The monoisotopic (exact) mass is 672 g/mol. The van der Waals surface area contributed by atoms with Crippen LogP contribution >= 0.6 is 11.3 Å². The van der Waals surface area contributed by atoms with Crippen LogP contribution in [-0.2, 0) is 25.5 Å². The van der Waals surface area contributed by atoms with E-state index in [1.807, 2.05) is 31.5 Å². The number of thiophene rings is 1. The largest absolute Gasteiger partial charge is 0.471 e. The van der Waals surface area contributed by atoms with Gasteiger partial charge in [0.1, 0.15) is 18.1 Å². The second-order valence-electron chi connectivity index (χ2n) is 13.6. The molecule has 3 amide bonds. The van der Waals surface area contributed by atoms with Crippen molar-refractivity contribution in [3.63, 3.8) is 0 Å². The van der Waals surface area contributed by atoms with E-state index in [-0.39, 0.29) is 23.8 Å². The Balaban J connectivity index is 1.30. The van der Waals surface area contributed by atoms with Crippen molar-refractivity contribution in [3.05, 3.63) is 22.8 Å². The summed E-state index contributed by atoms with van der Waals surface area (Å²) in [5.41, 5.74) is 0.711. The van der Waals surface area contributed by atoms with E-state index >= 15 is 0 Å². The number of carbonyl (C=O) groups excluding carboxylic acids is 3. The van der Waals surface area contributed by atoms with Crippen LogP contribution in [0.5, 0.6) is 0 Å². The average molecular weight is 673 g/mol. The van der Waals surface area contributed by atoms with E-state index in [9.17, 15) is 32.8 Å². The minimum atomic E-state index is -5.21. The number of nitrogens with zero attached hydrogens (tertiary/aromatic N) is 4. The molecule has 2 aromatic heterocycles. The zero-order valence-corrected chi connectivity index (χ0v) is 27.8. The highest BCUT2D eigenvalue weighted by Gasteiger charge is 2.70. The van der Waals surface area contributed by atoms with Crippen LogP contribution in [0, 0.1) is 40.4 Å². The number of aromatic nitrogens is 2. The van der Waals surface area contributed by atoms with E-state index in [4.69, 9.17) is 4.74 Å². The zero-order chi connectivity index (χ0) is 34.3. The maximum atomic E-state index is 14.0. The Labute approximate surface area is 275 Å². The first-order valence-electron chi connectivity index (χ1n) is 15.8. The van der Waals surface area contributed by atoms with Gasteiger partial charge in [0.2, 0.25) is 11.8 Å². The van der Waals surface area contributed by atoms with Crippen LogP contribution < -0.4 is 10.6 Å². The first-order valence-corrected chi connectivity index (χ1v) is 16.7. The number of rotatable bonds is 11. The molecule has 2 aliphatic carbocycles. The number of hydrogen-bond donors (Lipinski definition) is 2. The molecule has 252 valence electrons. The number of hydrogen-bond acceptors (Lipinski definition) is 8. The zero-order valence-electron chi connectivity index (χ0n) is 27.0. The minimum absolute atomic E-state index is 0.0628. The number of halogens is 3. The number of nitrogens with one attached hydrogen (secondary N) is 2. The number of piperidine rings is 1. The molecule has 2 N–H and O–H groups in total. The van der Waals surface area contributed by atoms with Gasteiger partial charge in [0.15, 0.2) is 0 Å². The number of aryl methyl sites for hydroxylation is 1. The van der Waals surface area contributed by atoms with E-state index in [0.29, 0.717) is 32.1 Å². The molecule has 1 saturated heterocycles. The number of likely N-dealkylation sites (tertiary alicyclic amines) is 1. The van der Waals surface area contributed by atoms with Gasteiger partial charge >= 0.3 is 12.1 Å². The SMILES string of the molecule is CC#Cc1csc2cnnc(CCCC(C#N)NC(=O)[C@@H]3[C@@H]4C(CN3C(=O)[C@@H](NC(=O)C(F)(F)F)[C@@H](C)OC3(C)CCC3)C4(C)C)c12. The summed E-state index contributed by atoms with van der Waals surface area (Å²) in [6.07, 6.45) is -1.07. The van der Waals surface area contributed by atoms with Crippen LogP contribution in [0.2, 0.25) is 0 Å². The molecule has 3 heterocycles. The molecule has 0 radical (unpaired) electrons. The molecule has 1 aliphatic heterocycles. The van der Waals surface area contributed by atoms with Crippen LogP contribution in [0.25, 0.3) is 10.1 Å². The molecule has 3 aliphatic rings. The Kier molecular flexibility index (Phi) is 9.59. The van der Waals surface area contributed by atoms with Gasteiger partial charge in [-0.25, -0.2) is 0 Å². The Bertz CT molecular complexity index is 1650. The van der Waals surface area contributed by atoms with Crippen molar-refractivity contribution in [2.45, 2.75) is 109 Å². The lowest BCUT2D eigenvalue weighted by Gasteiger charge is -2.43. The number of carbonyl (C=O) groups is 3. The third-order valence-electron chi connectivity index (χ3n) is 10.0. The van der Waals surface area contributed by atoms with Gasteiger partial charge in [-0.15, -0.1) is 17.3 Å². The molecule has 0 spiro atoms. The summed E-state index contributed by atoms with van der Waals surface area (Å²) >= 11 is 1.52. The van der Waals surface area contributed by atoms with Crippen molar-refractivity contribution in [2.75, 3.05) is 6.54 Å². The highest BCUT2D eigenvalue weighted by atomic mass is 32.1. The maximum absolute atomic E-state index is 14.0. The molecule has 47 heavy (non-hydrogen) atoms. The smallest absolute Gasteiger partial charge is 0.370 e. The van der Waals surface area contributed by atoms with Gasteiger partial charge < -0.3 is 20.3 Å². The summed E-state index contributed by atoms with van der Waals surface area (Å²) in [5, 5.41) is 25.8. The Morgan fingerprint density at radius 3 is 2.57 bits per heavy atom. The quantitative estimate of drug-likeness (QED) is 0.340. The van der Waals surface area contributed by atoms with Gasteiger partial charge in [0.05, 0.1) is 34.4 Å². The molecule has 2 unspecified atom stereocenters. The van der Waals surface area contributed by atoms with Crippen molar-refractivity contribution in [1.29, 1.82) is 5.26 Å². The van der Waals surface area contributed by atoms with Gasteiger partial charge in [0.25, 0.3) is 0 Å². The standard InChI is InChI=1S/C33H39F3N6O4S/c1-6-9-19-17-47-23-15-38-41-22(24(19)23)11-7-10-20(14-37)39-28(43)27-25-21(31(25,3)4)16-42(27)29(44)26(40-30(45)33(34,35)36)18(2)46-32(5)12-8-13-32/h15,17-18,20-21,25-27H,7-8,10-13,16H2,1-5H3,(H,39,43)(H,40,45)/t18-,20?,21?,25+,26+,27+/m1/s1. The van der Waals surface area contributed by atoms with Crippen molar-refractivity contribution >= 4 is 39.1 Å². The molecule has 0 aromatic carbocycles.